The van der Waals surface area contributed by atoms with Gasteiger partial charge in [-0.25, -0.2) is 9.97 Å². The van der Waals surface area contributed by atoms with Crippen LogP contribution >= 0.6 is 11.8 Å². The molecule has 1 atom stereocenters. The second-order valence-electron chi connectivity index (χ2n) is 6.71. The van der Waals surface area contributed by atoms with Gasteiger partial charge < -0.3 is 20.5 Å². The van der Waals surface area contributed by atoms with E-state index in [4.69, 9.17) is 15.2 Å². The number of benzene rings is 1. The summed E-state index contributed by atoms with van der Waals surface area (Å²) in [7, 11) is 1.52. The van der Waals surface area contributed by atoms with E-state index >= 15 is 0 Å². The minimum absolute atomic E-state index is 0.149. The summed E-state index contributed by atoms with van der Waals surface area (Å²) in [6.45, 7) is 1.60. The topological polar surface area (TPSA) is 134 Å². The Morgan fingerprint density at radius 1 is 1.32 bits per heavy atom. The first-order valence-corrected chi connectivity index (χ1v) is 10.4. The zero-order chi connectivity index (χ0) is 22.0. The fourth-order valence-corrected chi connectivity index (χ4v) is 4.49. The van der Waals surface area contributed by atoms with Gasteiger partial charge in [0.2, 0.25) is 5.91 Å². The number of anilines is 1. The summed E-state index contributed by atoms with van der Waals surface area (Å²) in [5.41, 5.74) is 7.65. The molecule has 0 unspecified atom stereocenters. The van der Waals surface area contributed by atoms with Gasteiger partial charge in [0.05, 0.1) is 23.8 Å². The molecule has 2 amide bonds. The summed E-state index contributed by atoms with van der Waals surface area (Å²) in [6, 6.07) is 7.14. The van der Waals surface area contributed by atoms with E-state index in [1.165, 1.54) is 23.6 Å². The third kappa shape index (κ3) is 4.17. The average molecular weight is 440 g/mol. The number of thioether (sulfide) groups is 1. The van der Waals surface area contributed by atoms with Crippen molar-refractivity contribution in [3.05, 3.63) is 53.5 Å². The van der Waals surface area contributed by atoms with E-state index in [1.54, 1.807) is 30.6 Å². The van der Waals surface area contributed by atoms with Gasteiger partial charge in [-0.3, -0.25) is 9.59 Å². The van der Waals surface area contributed by atoms with Crippen molar-refractivity contribution in [1.29, 1.82) is 0 Å². The number of hydrogen-bond donors (Lipinski definition) is 2. The summed E-state index contributed by atoms with van der Waals surface area (Å²) in [5.74, 6) is 1.26. The maximum atomic E-state index is 12.5. The largest absolute Gasteiger partial charge is 0.493 e. The lowest BCUT2D eigenvalue weighted by atomic mass is 10.0. The number of methoxy groups -OCH3 is 1. The van der Waals surface area contributed by atoms with Crippen LogP contribution in [0.1, 0.15) is 22.1 Å². The first kappa shape index (κ1) is 20.7. The molecule has 0 aliphatic carbocycles. The normalized spacial score (nSPS) is 15.5. The fourth-order valence-electron chi connectivity index (χ4n) is 3.31. The van der Waals surface area contributed by atoms with Crippen LogP contribution in [0, 0.1) is 6.92 Å². The molecular weight excluding hydrogens is 420 g/mol. The Morgan fingerprint density at radius 2 is 2.10 bits per heavy atom. The number of aryl methyl sites for hydroxylation is 1. The number of rotatable bonds is 6. The Hall–Kier alpha value is -3.60. The van der Waals surface area contributed by atoms with E-state index in [0.29, 0.717) is 23.3 Å². The molecule has 0 fully saturated rings. The predicted octanol–water partition coefficient (Wildman–Crippen LogP) is 1.62. The molecule has 160 valence electrons. The van der Waals surface area contributed by atoms with E-state index in [9.17, 15) is 9.59 Å². The van der Waals surface area contributed by atoms with Gasteiger partial charge in [-0.15, -0.1) is 11.8 Å². The van der Waals surface area contributed by atoms with E-state index in [2.05, 4.69) is 20.4 Å². The molecule has 3 aromatic rings. The molecule has 10 nitrogen and oxygen atoms in total. The van der Waals surface area contributed by atoms with E-state index < -0.39 is 5.91 Å². The average Bonchev–Trinajstić information content (AvgIpc) is 2.97. The molecule has 0 spiro atoms. The van der Waals surface area contributed by atoms with Crippen LogP contribution in [0.3, 0.4) is 0 Å². The molecule has 0 saturated carbocycles. The van der Waals surface area contributed by atoms with Crippen molar-refractivity contribution in [1.82, 2.24) is 19.7 Å². The minimum Gasteiger partial charge on any atom is -0.493 e. The van der Waals surface area contributed by atoms with Crippen molar-refractivity contribution in [2.75, 3.05) is 24.8 Å². The van der Waals surface area contributed by atoms with Gasteiger partial charge in [0, 0.05) is 18.0 Å². The molecule has 0 radical (unpaired) electrons. The molecule has 4 rings (SSSR count). The Balaban J connectivity index is 1.81. The number of aromatic nitrogens is 4. The van der Waals surface area contributed by atoms with Gasteiger partial charge >= 0.3 is 0 Å². The third-order valence-corrected chi connectivity index (χ3v) is 5.88. The Labute approximate surface area is 182 Å². The highest BCUT2D eigenvalue weighted by Crippen LogP contribution is 2.45. The van der Waals surface area contributed by atoms with E-state index in [-0.39, 0.29) is 23.5 Å². The molecule has 0 bridgehead atoms. The Kier molecular flexibility index (Phi) is 5.76. The second kappa shape index (κ2) is 8.64. The molecule has 3 heterocycles. The van der Waals surface area contributed by atoms with Crippen LogP contribution in [-0.2, 0) is 9.59 Å². The van der Waals surface area contributed by atoms with Gasteiger partial charge in [0.25, 0.3) is 11.9 Å². The number of primary amides is 1. The van der Waals surface area contributed by atoms with Crippen LogP contribution in [0.4, 0.5) is 5.82 Å². The standard InChI is InChI=1S/C20H20N6O4S/c1-11-17-18(12-4-5-13(29-2)14(8-12)30-9-15(21)27)31-10-16(28)24-19(17)26(25-11)20-22-6-3-7-23-20/h3-8,18H,9-10H2,1-2H3,(H2,21,27)(H,24,28)/t18-/m1/s1. The number of carbonyl (C=O) groups is 2. The van der Waals surface area contributed by atoms with Crippen LogP contribution in [0.15, 0.2) is 36.7 Å². The first-order valence-electron chi connectivity index (χ1n) is 9.35. The lowest BCUT2D eigenvalue weighted by Crippen LogP contribution is -2.20. The van der Waals surface area contributed by atoms with E-state index in [0.717, 1.165) is 16.8 Å². The molecule has 31 heavy (non-hydrogen) atoms. The summed E-state index contributed by atoms with van der Waals surface area (Å²) in [4.78, 5) is 32.1. The lowest BCUT2D eigenvalue weighted by molar-refractivity contribution is -0.120. The van der Waals surface area contributed by atoms with Crippen molar-refractivity contribution in [3.8, 4) is 17.4 Å². The highest BCUT2D eigenvalue weighted by atomic mass is 32.2. The number of fused-ring (bicyclic) bond motifs is 1. The zero-order valence-electron chi connectivity index (χ0n) is 16.9. The quantitative estimate of drug-likeness (QED) is 0.590. The van der Waals surface area contributed by atoms with Crippen LogP contribution in [-0.4, -0.2) is 51.0 Å². The summed E-state index contributed by atoms with van der Waals surface area (Å²) >= 11 is 1.46. The number of nitrogens with zero attached hydrogens (tertiary/aromatic N) is 4. The SMILES string of the molecule is COc1ccc([C@H]2SCC(=O)Nc3c2c(C)nn3-c2ncccn2)cc1OCC(N)=O. The van der Waals surface area contributed by atoms with Crippen molar-refractivity contribution in [2.45, 2.75) is 12.2 Å². The summed E-state index contributed by atoms with van der Waals surface area (Å²) in [6.07, 6.45) is 3.23. The maximum absolute atomic E-state index is 12.5. The number of ether oxygens (including phenoxy) is 2. The summed E-state index contributed by atoms with van der Waals surface area (Å²) < 4.78 is 12.4. The molecule has 3 N–H and O–H groups in total. The number of nitrogens with one attached hydrogen (secondary N) is 1. The molecule has 1 aliphatic heterocycles. The lowest BCUT2D eigenvalue weighted by Gasteiger charge is -2.18. The smallest absolute Gasteiger partial charge is 0.255 e. The van der Waals surface area contributed by atoms with Crippen molar-refractivity contribution >= 4 is 29.4 Å². The van der Waals surface area contributed by atoms with Gasteiger partial charge in [-0.2, -0.15) is 9.78 Å². The van der Waals surface area contributed by atoms with Crippen LogP contribution < -0.4 is 20.5 Å². The number of carbonyl (C=O) groups excluding carboxylic acids is 2. The Bertz CT molecular complexity index is 1130. The monoisotopic (exact) mass is 440 g/mol. The van der Waals surface area contributed by atoms with Crippen LogP contribution in [0.2, 0.25) is 0 Å². The number of amides is 2. The predicted molar refractivity (Wildman–Crippen MR) is 115 cm³/mol. The van der Waals surface area contributed by atoms with Crippen molar-refractivity contribution in [2.24, 2.45) is 5.73 Å². The van der Waals surface area contributed by atoms with Gasteiger partial charge in [0.1, 0.15) is 5.82 Å². The van der Waals surface area contributed by atoms with Crippen molar-refractivity contribution < 1.29 is 19.1 Å². The Morgan fingerprint density at radius 3 is 2.81 bits per heavy atom. The van der Waals surface area contributed by atoms with Gasteiger partial charge in [-0.1, -0.05) is 6.07 Å². The maximum Gasteiger partial charge on any atom is 0.255 e. The minimum atomic E-state index is -0.589. The molecule has 1 aromatic carbocycles. The van der Waals surface area contributed by atoms with Crippen LogP contribution in [0.25, 0.3) is 5.95 Å². The second-order valence-corrected chi connectivity index (χ2v) is 7.81. The summed E-state index contributed by atoms with van der Waals surface area (Å²) in [5, 5.41) is 7.28. The van der Waals surface area contributed by atoms with Gasteiger partial charge in [0.15, 0.2) is 18.1 Å². The van der Waals surface area contributed by atoms with Crippen LogP contribution in [0.5, 0.6) is 11.5 Å². The van der Waals surface area contributed by atoms with Crippen molar-refractivity contribution in [3.63, 3.8) is 0 Å². The highest BCUT2D eigenvalue weighted by Gasteiger charge is 2.31. The molecular formula is C20H20N6O4S. The highest BCUT2D eigenvalue weighted by molar-refractivity contribution is 8.00. The molecule has 11 heteroatoms. The van der Waals surface area contributed by atoms with E-state index in [1.807, 2.05) is 13.0 Å². The molecule has 1 aliphatic rings. The van der Waals surface area contributed by atoms with Gasteiger partial charge in [-0.05, 0) is 30.7 Å². The molecule has 0 saturated heterocycles. The third-order valence-electron chi connectivity index (χ3n) is 4.61. The molecule has 2 aromatic heterocycles. The number of hydrogen-bond acceptors (Lipinski definition) is 8. The fraction of sp³-hybridized carbons (Fsp3) is 0.250. The zero-order valence-corrected chi connectivity index (χ0v) is 17.7. The number of nitrogens with two attached hydrogens (primary N) is 1. The first-order chi connectivity index (χ1) is 15.0.